The molecule has 2 aromatic carbocycles. The number of benzene rings is 2. The van der Waals surface area contributed by atoms with Gasteiger partial charge in [-0.3, -0.25) is 9.59 Å². The van der Waals surface area contributed by atoms with Crippen molar-refractivity contribution in [1.82, 2.24) is 0 Å². The minimum Gasteiger partial charge on any atom is -0.466 e. The minimum atomic E-state index is -1.57. The summed E-state index contributed by atoms with van der Waals surface area (Å²) in [5.41, 5.74) is 0.977. The molecule has 47 heavy (non-hydrogen) atoms. The molecule has 0 bridgehead atoms. The quantitative estimate of drug-likeness (QED) is 0.0563. The monoisotopic (exact) mass is 666 g/mol. The van der Waals surface area contributed by atoms with Gasteiger partial charge in [0.15, 0.2) is 16.1 Å². The van der Waals surface area contributed by atoms with E-state index in [0.29, 0.717) is 13.0 Å². The molecule has 3 rings (SSSR count). The first-order chi connectivity index (χ1) is 22.4. The highest BCUT2D eigenvalue weighted by atomic mass is 28.2. The highest BCUT2D eigenvalue weighted by Crippen LogP contribution is 2.67. The van der Waals surface area contributed by atoms with Crippen LogP contribution in [0.5, 0.6) is 0 Å². The van der Waals surface area contributed by atoms with Crippen LogP contribution in [0.25, 0.3) is 0 Å². The Labute approximate surface area is 286 Å². The van der Waals surface area contributed by atoms with E-state index in [2.05, 4.69) is 39.8 Å². The van der Waals surface area contributed by atoms with Crippen molar-refractivity contribution < 1.29 is 33.0 Å². The van der Waals surface area contributed by atoms with Crippen molar-refractivity contribution in [3.8, 4) is 0 Å². The zero-order chi connectivity index (χ0) is 34.7. The molecule has 0 saturated carbocycles. The van der Waals surface area contributed by atoms with Crippen LogP contribution in [-0.4, -0.2) is 49.0 Å². The summed E-state index contributed by atoms with van der Waals surface area (Å²) in [5, 5.41) is 0. The second-order valence-electron chi connectivity index (χ2n) is 13.9. The van der Waals surface area contributed by atoms with E-state index in [1.165, 1.54) is 13.8 Å². The Kier molecular flexibility index (Phi) is 14.0. The van der Waals surface area contributed by atoms with Crippen LogP contribution in [0.15, 0.2) is 71.8 Å². The van der Waals surface area contributed by atoms with Crippen molar-refractivity contribution in [2.45, 2.75) is 116 Å². The van der Waals surface area contributed by atoms with Gasteiger partial charge in [-0.1, -0.05) is 126 Å². The van der Waals surface area contributed by atoms with Crippen LogP contribution in [0.4, 0.5) is 0 Å². The molecule has 260 valence electrons. The molecule has 0 N–H and O–H groups in total. The molecule has 0 aromatic heterocycles. The van der Waals surface area contributed by atoms with Crippen molar-refractivity contribution >= 4 is 22.4 Å². The number of hydrogen-bond donors (Lipinski definition) is 0. The summed E-state index contributed by atoms with van der Waals surface area (Å²) in [6, 6.07) is 20.2. The summed E-state index contributed by atoms with van der Waals surface area (Å²) in [7, 11) is 3.70. The molecule has 0 fully saturated rings. The van der Waals surface area contributed by atoms with E-state index in [4.69, 9.17) is 23.4 Å². The van der Waals surface area contributed by atoms with Crippen molar-refractivity contribution in [2.24, 2.45) is 11.3 Å². The number of carbonyl (C=O) groups excluding carboxylic acids is 2. The lowest BCUT2D eigenvalue weighted by Crippen LogP contribution is -2.74. The maximum absolute atomic E-state index is 13.2. The molecule has 0 amide bonds. The van der Waals surface area contributed by atoms with Crippen LogP contribution >= 0.6 is 0 Å². The fourth-order valence-electron chi connectivity index (χ4n) is 8.26. The first-order valence-corrected chi connectivity index (χ1v) is 18.0. The topological polar surface area (TPSA) is 80.3 Å². The molecule has 0 radical (unpaired) electrons. The van der Waals surface area contributed by atoms with Crippen LogP contribution in [0.2, 0.25) is 0 Å². The van der Waals surface area contributed by atoms with Gasteiger partial charge in [-0.2, -0.15) is 0 Å². The fraction of sp³-hybridized carbons (Fsp3) is 0.590. The molecule has 4 atom stereocenters. The predicted octanol–water partition coefficient (Wildman–Crippen LogP) is 7.69. The molecule has 4 unspecified atom stereocenters. The Balaban J connectivity index is 2.13. The molecule has 7 nitrogen and oxygen atoms in total. The first-order valence-electron chi connectivity index (χ1n) is 17.2. The number of unbranched alkanes of at least 4 members (excludes halogenated alkanes) is 7. The number of hydrogen-bond acceptors (Lipinski definition) is 7. The van der Waals surface area contributed by atoms with Gasteiger partial charge < -0.3 is 23.4 Å². The lowest BCUT2D eigenvalue weighted by atomic mass is 9.50. The van der Waals surface area contributed by atoms with Gasteiger partial charge >= 0.3 is 11.9 Å². The van der Waals surface area contributed by atoms with Gasteiger partial charge in [0, 0.05) is 39.6 Å². The molecule has 0 saturated heterocycles. The van der Waals surface area contributed by atoms with E-state index in [1.54, 1.807) is 14.2 Å². The number of rotatable bonds is 17. The molecule has 8 heteroatoms. The van der Waals surface area contributed by atoms with Crippen LogP contribution in [0.3, 0.4) is 0 Å². The third kappa shape index (κ3) is 7.77. The average Bonchev–Trinajstić information content (AvgIpc) is 3.04. The van der Waals surface area contributed by atoms with Crippen LogP contribution in [0.1, 0.15) is 110 Å². The van der Waals surface area contributed by atoms with Gasteiger partial charge in [0.05, 0.1) is 6.61 Å². The van der Waals surface area contributed by atoms with Crippen molar-refractivity contribution in [3.63, 3.8) is 0 Å². The molecule has 0 aliphatic heterocycles. The molecule has 0 heterocycles. The summed E-state index contributed by atoms with van der Waals surface area (Å²) in [6.07, 6.45) is 9.19. The van der Waals surface area contributed by atoms with E-state index in [0.717, 1.165) is 73.6 Å². The second-order valence-corrected chi connectivity index (χ2v) is 14.3. The number of ether oxygens (including phenoxy) is 4. The van der Waals surface area contributed by atoms with Gasteiger partial charge in [-0.25, -0.2) is 0 Å². The molecule has 1 aliphatic rings. The summed E-state index contributed by atoms with van der Waals surface area (Å²) in [6.45, 7) is 12.3. The Morgan fingerprint density at radius 1 is 0.745 bits per heavy atom. The van der Waals surface area contributed by atoms with E-state index in [9.17, 15) is 9.59 Å². The molecule has 1 aliphatic carbocycles. The summed E-state index contributed by atoms with van der Waals surface area (Å²) < 4.78 is 32.1. The number of esters is 2. The first kappa shape index (κ1) is 38.7. The third-order valence-electron chi connectivity index (χ3n) is 9.78. The maximum atomic E-state index is 13.2. The Morgan fingerprint density at radius 3 is 1.70 bits per heavy atom. The summed E-state index contributed by atoms with van der Waals surface area (Å²) in [4.78, 5) is 24.2. The third-order valence-corrected chi connectivity index (χ3v) is 10.4. The Morgan fingerprint density at radius 2 is 1.26 bits per heavy atom. The zero-order valence-electron chi connectivity index (χ0n) is 30.3. The second kappa shape index (κ2) is 17.0. The molecular formula is C39H58O7Si. The van der Waals surface area contributed by atoms with Gasteiger partial charge in [-0.15, -0.1) is 0 Å². The highest BCUT2D eigenvalue weighted by Gasteiger charge is 2.76. The highest BCUT2D eigenvalue weighted by molar-refractivity contribution is 5.98. The molecular weight excluding hydrogens is 609 g/mol. The van der Waals surface area contributed by atoms with Gasteiger partial charge in [0.25, 0.3) is 5.79 Å². The number of carbonyl (C=O) groups is 2. The van der Waals surface area contributed by atoms with Crippen LogP contribution in [0, 0.1) is 11.3 Å². The molecule has 2 aromatic rings. The smallest absolute Gasteiger partial charge is 0.305 e. The fourth-order valence-corrected chi connectivity index (χ4v) is 8.88. The Hall–Kier alpha value is -2.78. The standard InChI is InChI=1S/C39H58O7Si/c1-29-34(27-21-13-11-9-10-12-14-22-28-44-30(2)40)39(46-47,45-31(3)41)38(43-8,33-25-19-16-20-26-33)37(42-7,35(29)36(4,5)6)32-23-17-15-18-24-32/h15-20,23-26,35H,9-14,21-22,27-28H2,1-8,47H3. The molecule has 0 spiro atoms. The normalized spacial score (nSPS) is 24.7. The predicted molar refractivity (Wildman–Crippen MR) is 190 cm³/mol. The maximum Gasteiger partial charge on any atom is 0.305 e. The van der Waals surface area contributed by atoms with Gasteiger partial charge in [0.1, 0.15) is 5.60 Å². The van der Waals surface area contributed by atoms with E-state index >= 15 is 0 Å². The van der Waals surface area contributed by atoms with E-state index < -0.39 is 23.0 Å². The lowest BCUT2D eigenvalue weighted by Gasteiger charge is -2.65. The van der Waals surface area contributed by atoms with Gasteiger partial charge in [0.2, 0.25) is 0 Å². The summed E-state index contributed by atoms with van der Waals surface area (Å²) in [5.74, 6) is -2.40. The zero-order valence-corrected chi connectivity index (χ0v) is 32.3. The minimum absolute atomic E-state index is 0.176. The van der Waals surface area contributed by atoms with Gasteiger partial charge in [-0.05, 0) is 42.7 Å². The largest absolute Gasteiger partial charge is 0.466 e. The number of methoxy groups -OCH3 is 2. The Bertz CT molecular complexity index is 1320. The SMILES string of the molecule is COC1(c2ccccc2)C(C(C)(C)C)C(C)=C(CCCCCCCCCCOC(C)=O)C(O[SiH3])(OC(C)=O)C1(OC)c1ccccc1. The van der Waals surface area contributed by atoms with Crippen molar-refractivity contribution in [1.29, 1.82) is 0 Å². The van der Waals surface area contributed by atoms with Crippen molar-refractivity contribution in [3.05, 3.63) is 82.9 Å². The lowest BCUT2D eigenvalue weighted by molar-refractivity contribution is -0.352. The van der Waals surface area contributed by atoms with Crippen LogP contribution < -0.4 is 0 Å². The average molecular weight is 667 g/mol. The summed E-state index contributed by atoms with van der Waals surface area (Å²) >= 11 is 0. The van der Waals surface area contributed by atoms with E-state index in [1.807, 2.05) is 48.5 Å². The van der Waals surface area contributed by atoms with Crippen molar-refractivity contribution in [2.75, 3.05) is 20.8 Å². The van der Waals surface area contributed by atoms with Crippen LogP contribution in [-0.2, 0) is 44.2 Å². The van der Waals surface area contributed by atoms with E-state index in [-0.39, 0.29) is 27.8 Å².